The molecule has 0 aromatic heterocycles. The first-order chi connectivity index (χ1) is 13.9. The molecule has 2 aromatic carbocycles. The number of ether oxygens (including phenoxy) is 1. The number of rotatable bonds is 8. The van der Waals surface area contributed by atoms with Gasteiger partial charge in [0.15, 0.2) is 0 Å². The molecule has 7 heteroatoms. The highest BCUT2D eigenvalue weighted by Crippen LogP contribution is 2.16. The van der Waals surface area contributed by atoms with Crippen molar-refractivity contribution >= 4 is 29.5 Å². The zero-order valence-corrected chi connectivity index (χ0v) is 16.7. The monoisotopic (exact) mass is 395 g/mol. The standard InChI is InChI=1S/C22H25N3O4/c1-15(2)24-21(27)14-23-22(28)18-6-4-5-7-19(18)25-20(26)13-10-16-8-11-17(29-3)12-9-16/h4-13,15H,14H2,1-3H3,(H,23,28)(H,24,27)(H,25,26)/b13-10+. The van der Waals surface area contributed by atoms with Crippen LogP contribution in [0, 0.1) is 0 Å². The maximum atomic E-state index is 12.4. The Kier molecular flexibility index (Phi) is 7.97. The average molecular weight is 395 g/mol. The van der Waals surface area contributed by atoms with Crippen LogP contribution in [0.2, 0.25) is 0 Å². The minimum absolute atomic E-state index is 0.0107. The van der Waals surface area contributed by atoms with Crippen molar-refractivity contribution in [3.63, 3.8) is 0 Å². The van der Waals surface area contributed by atoms with Gasteiger partial charge in [-0.3, -0.25) is 14.4 Å². The maximum Gasteiger partial charge on any atom is 0.253 e. The Balaban J connectivity index is 1.99. The summed E-state index contributed by atoms with van der Waals surface area (Å²) in [6.45, 7) is 3.53. The smallest absolute Gasteiger partial charge is 0.253 e. The molecule has 0 saturated heterocycles. The molecular weight excluding hydrogens is 370 g/mol. The van der Waals surface area contributed by atoms with E-state index in [0.717, 1.165) is 11.3 Å². The van der Waals surface area contributed by atoms with Crippen LogP contribution in [0.25, 0.3) is 6.08 Å². The number of methoxy groups -OCH3 is 1. The van der Waals surface area contributed by atoms with E-state index in [0.29, 0.717) is 5.69 Å². The summed E-state index contributed by atoms with van der Waals surface area (Å²) in [7, 11) is 1.59. The fraction of sp³-hybridized carbons (Fsp3) is 0.227. The second-order valence-electron chi connectivity index (χ2n) is 6.55. The number of nitrogens with one attached hydrogen (secondary N) is 3. The van der Waals surface area contributed by atoms with Crippen LogP contribution >= 0.6 is 0 Å². The van der Waals surface area contributed by atoms with Gasteiger partial charge < -0.3 is 20.7 Å². The first kappa shape index (κ1) is 21.7. The van der Waals surface area contributed by atoms with Gasteiger partial charge >= 0.3 is 0 Å². The summed E-state index contributed by atoms with van der Waals surface area (Å²) in [4.78, 5) is 36.4. The lowest BCUT2D eigenvalue weighted by Gasteiger charge is -2.12. The van der Waals surface area contributed by atoms with E-state index >= 15 is 0 Å². The first-order valence-electron chi connectivity index (χ1n) is 9.18. The van der Waals surface area contributed by atoms with Crippen molar-refractivity contribution in [1.82, 2.24) is 10.6 Å². The summed E-state index contributed by atoms with van der Waals surface area (Å²) in [6, 6.07) is 13.8. The molecule has 0 bridgehead atoms. The third-order valence-corrected chi connectivity index (χ3v) is 3.83. The maximum absolute atomic E-state index is 12.4. The second-order valence-corrected chi connectivity index (χ2v) is 6.55. The Morgan fingerprint density at radius 1 is 1.03 bits per heavy atom. The molecule has 0 radical (unpaired) electrons. The number of carbonyl (C=O) groups excluding carboxylic acids is 3. The zero-order chi connectivity index (χ0) is 21.2. The van der Waals surface area contributed by atoms with E-state index in [2.05, 4.69) is 16.0 Å². The lowest BCUT2D eigenvalue weighted by atomic mass is 10.1. The molecule has 2 aromatic rings. The zero-order valence-electron chi connectivity index (χ0n) is 16.7. The quantitative estimate of drug-likeness (QED) is 0.599. The van der Waals surface area contributed by atoms with Crippen LogP contribution in [0.15, 0.2) is 54.6 Å². The van der Waals surface area contributed by atoms with E-state index in [1.54, 1.807) is 49.6 Å². The number of amides is 3. The van der Waals surface area contributed by atoms with Gasteiger partial charge in [0.25, 0.3) is 5.91 Å². The third-order valence-electron chi connectivity index (χ3n) is 3.83. The van der Waals surface area contributed by atoms with Gasteiger partial charge in [-0.25, -0.2) is 0 Å². The number of para-hydroxylation sites is 1. The molecular formula is C22H25N3O4. The predicted octanol–water partition coefficient (Wildman–Crippen LogP) is 2.60. The number of hydrogen-bond donors (Lipinski definition) is 3. The lowest BCUT2D eigenvalue weighted by Crippen LogP contribution is -2.40. The minimum atomic E-state index is -0.445. The van der Waals surface area contributed by atoms with Crippen LogP contribution in [0.1, 0.15) is 29.8 Å². The van der Waals surface area contributed by atoms with Gasteiger partial charge in [-0.2, -0.15) is 0 Å². The fourth-order valence-corrected chi connectivity index (χ4v) is 2.48. The molecule has 0 aliphatic rings. The molecule has 0 spiro atoms. The highest BCUT2D eigenvalue weighted by atomic mass is 16.5. The summed E-state index contributed by atoms with van der Waals surface area (Å²) >= 11 is 0. The normalized spacial score (nSPS) is 10.6. The topological polar surface area (TPSA) is 96.5 Å². The molecule has 3 N–H and O–H groups in total. The molecule has 0 aliphatic carbocycles. The Morgan fingerprint density at radius 3 is 2.38 bits per heavy atom. The molecule has 3 amide bonds. The van der Waals surface area contributed by atoms with E-state index in [-0.39, 0.29) is 30.0 Å². The van der Waals surface area contributed by atoms with Crippen LogP contribution in [-0.2, 0) is 9.59 Å². The molecule has 0 atom stereocenters. The molecule has 0 saturated carbocycles. The molecule has 0 unspecified atom stereocenters. The third kappa shape index (κ3) is 7.14. The minimum Gasteiger partial charge on any atom is -0.497 e. The molecule has 0 heterocycles. The molecule has 0 fully saturated rings. The summed E-state index contributed by atoms with van der Waals surface area (Å²) in [5, 5.41) is 7.94. The number of carbonyl (C=O) groups is 3. The first-order valence-corrected chi connectivity index (χ1v) is 9.18. The van der Waals surface area contributed by atoms with Crippen LogP contribution in [0.3, 0.4) is 0 Å². The van der Waals surface area contributed by atoms with Crippen molar-refractivity contribution in [2.75, 3.05) is 19.0 Å². The van der Waals surface area contributed by atoms with Crippen molar-refractivity contribution in [3.8, 4) is 5.75 Å². The SMILES string of the molecule is COc1ccc(/C=C/C(=O)Nc2ccccc2C(=O)NCC(=O)NC(C)C)cc1. The second kappa shape index (κ2) is 10.7. The average Bonchev–Trinajstić information content (AvgIpc) is 2.71. The van der Waals surface area contributed by atoms with Gasteiger partial charge in [0, 0.05) is 12.1 Å². The van der Waals surface area contributed by atoms with Crippen molar-refractivity contribution < 1.29 is 19.1 Å². The largest absolute Gasteiger partial charge is 0.497 e. The molecule has 29 heavy (non-hydrogen) atoms. The Hall–Kier alpha value is -3.61. The van der Waals surface area contributed by atoms with Gasteiger partial charge in [0.2, 0.25) is 11.8 Å². The summed E-state index contributed by atoms with van der Waals surface area (Å²) < 4.78 is 5.10. The van der Waals surface area contributed by atoms with Crippen LogP contribution in [0.4, 0.5) is 5.69 Å². The summed E-state index contributed by atoms with van der Waals surface area (Å²) in [6.07, 6.45) is 3.04. The molecule has 0 aliphatic heterocycles. The lowest BCUT2D eigenvalue weighted by molar-refractivity contribution is -0.120. The van der Waals surface area contributed by atoms with E-state index in [9.17, 15) is 14.4 Å². The van der Waals surface area contributed by atoms with Gasteiger partial charge in [-0.05, 0) is 49.8 Å². The van der Waals surface area contributed by atoms with Crippen molar-refractivity contribution in [2.24, 2.45) is 0 Å². The van der Waals surface area contributed by atoms with E-state index < -0.39 is 5.91 Å². The highest BCUT2D eigenvalue weighted by molar-refractivity contribution is 6.08. The highest BCUT2D eigenvalue weighted by Gasteiger charge is 2.13. The number of anilines is 1. The summed E-state index contributed by atoms with van der Waals surface area (Å²) in [5.41, 5.74) is 1.47. The number of hydrogen-bond acceptors (Lipinski definition) is 4. The van der Waals surface area contributed by atoms with E-state index in [1.807, 2.05) is 26.0 Å². The van der Waals surface area contributed by atoms with Gasteiger partial charge in [0.1, 0.15) is 5.75 Å². The van der Waals surface area contributed by atoms with Crippen LogP contribution < -0.4 is 20.7 Å². The Labute approximate surface area is 170 Å². The van der Waals surface area contributed by atoms with E-state index in [4.69, 9.17) is 4.74 Å². The number of benzene rings is 2. The van der Waals surface area contributed by atoms with Gasteiger partial charge in [-0.15, -0.1) is 0 Å². The van der Waals surface area contributed by atoms with Crippen LogP contribution in [-0.4, -0.2) is 37.4 Å². The van der Waals surface area contributed by atoms with Crippen molar-refractivity contribution in [3.05, 3.63) is 65.7 Å². The molecule has 152 valence electrons. The van der Waals surface area contributed by atoms with Gasteiger partial charge in [-0.1, -0.05) is 24.3 Å². The molecule has 2 rings (SSSR count). The Morgan fingerprint density at radius 2 is 1.72 bits per heavy atom. The summed E-state index contributed by atoms with van der Waals surface area (Å²) in [5.74, 6) is -0.372. The van der Waals surface area contributed by atoms with Gasteiger partial charge in [0.05, 0.1) is 24.9 Å². The fourth-order valence-electron chi connectivity index (χ4n) is 2.48. The van der Waals surface area contributed by atoms with Crippen molar-refractivity contribution in [1.29, 1.82) is 0 Å². The predicted molar refractivity (Wildman–Crippen MR) is 113 cm³/mol. The van der Waals surface area contributed by atoms with E-state index in [1.165, 1.54) is 6.08 Å². The molecule has 7 nitrogen and oxygen atoms in total. The van der Waals surface area contributed by atoms with Crippen LogP contribution in [0.5, 0.6) is 5.75 Å². The van der Waals surface area contributed by atoms with Crippen molar-refractivity contribution in [2.45, 2.75) is 19.9 Å². The Bertz CT molecular complexity index is 889.